The highest BCUT2D eigenvalue weighted by Crippen LogP contribution is 2.23. The van der Waals surface area contributed by atoms with Crippen LogP contribution in [0.1, 0.15) is 206 Å². The second-order valence-corrected chi connectivity index (χ2v) is 17.2. The number of hydrogen-bond acceptors (Lipinski definition) is 10. The molecule has 0 unspecified atom stereocenters. The first kappa shape index (κ1) is 55.6. The lowest BCUT2D eigenvalue weighted by atomic mass is 9.98. The van der Waals surface area contributed by atoms with Gasteiger partial charge in [0.1, 0.15) is 36.6 Å². The Morgan fingerprint density at radius 2 is 0.983 bits per heavy atom. The summed E-state index contributed by atoms with van der Waals surface area (Å²) < 4.78 is 11.1. The Kier molecular flexibility index (Phi) is 36.1. The highest BCUT2D eigenvalue weighted by molar-refractivity contribution is 5.80. The number of aliphatic hydroxyl groups excluding tert-OH is 7. The summed E-state index contributed by atoms with van der Waals surface area (Å²) in [7, 11) is 0. The third-order valence-electron chi connectivity index (χ3n) is 11.7. The number of unbranched alkanes of at least 4 members (excludes halogenated alkanes) is 24. The molecule has 59 heavy (non-hydrogen) atoms. The molecule has 11 heteroatoms. The van der Waals surface area contributed by atoms with Crippen LogP contribution >= 0.6 is 0 Å². The molecular weight excluding hydrogens is 751 g/mol. The summed E-state index contributed by atoms with van der Waals surface area (Å²) in [5.41, 5.74) is 0. The molecule has 0 radical (unpaired) electrons. The lowest BCUT2D eigenvalue weighted by Gasteiger charge is -2.40. The fourth-order valence-electron chi connectivity index (χ4n) is 7.66. The topological polar surface area (TPSA) is 189 Å². The van der Waals surface area contributed by atoms with Crippen molar-refractivity contribution < 1.29 is 50.0 Å². The minimum atomic E-state index is -1.66. The van der Waals surface area contributed by atoms with Gasteiger partial charge in [-0.1, -0.05) is 167 Å². The second kappa shape index (κ2) is 38.3. The molecule has 1 saturated heterocycles. The molecule has 0 bridgehead atoms. The smallest absolute Gasteiger partial charge is 0.249 e. The number of nitrogens with one attached hydrogen (secondary N) is 1. The van der Waals surface area contributed by atoms with E-state index in [0.29, 0.717) is 19.3 Å². The molecule has 11 nitrogen and oxygen atoms in total. The van der Waals surface area contributed by atoms with Crippen LogP contribution in [0, 0.1) is 0 Å². The molecule has 8 N–H and O–H groups in total. The van der Waals surface area contributed by atoms with Crippen molar-refractivity contribution in [2.75, 3.05) is 13.2 Å². The van der Waals surface area contributed by atoms with Gasteiger partial charge in [-0.2, -0.15) is 0 Å². The summed E-state index contributed by atoms with van der Waals surface area (Å²) in [4.78, 5) is 13.1. The monoisotopic (exact) mass is 842 g/mol. The zero-order valence-corrected chi connectivity index (χ0v) is 37.5. The Morgan fingerprint density at radius 3 is 1.42 bits per heavy atom. The molecule has 1 fully saturated rings. The molecule has 1 rings (SSSR count). The first-order valence-electron chi connectivity index (χ1n) is 24.2. The largest absolute Gasteiger partial charge is 0.394 e. The maximum absolute atomic E-state index is 13.1. The van der Waals surface area contributed by atoms with E-state index in [1.807, 2.05) is 0 Å². The van der Waals surface area contributed by atoms with Crippen LogP contribution in [0.15, 0.2) is 24.3 Å². The lowest BCUT2D eigenvalue weighted by Crippen LogP contribution is -2.60. The summed E-state index contributed by atoms with van der Waals surface area (Å²) in [6.07, 6.45) is 30.7. The fraction of sp³-hybridized carbons (Fsp3) is 0.896. The molecule has 1 aliphatic rings. The molecular formula is C48H91NO10. The molecule has 1 amide bonds. The molecule has 0 aromatic carbocycles. The van der Waals surface area contributed by atoms with Crippen LogP contribution in [-0.2, 0) is 14.3 Å². The van der Waals surface area contributed by atoms with Crippen molar-refractivity contribution in [1.29, 1.82) is 0 Å². The molecule has 0 aromatic rings. The number of allylic oxidation sites excluding steroid dienone is 4. The van der Waals surface area contributed by atoms with E-state index in [0.717, 1.165) is 64.2 Å². The van der Waals surface area contributed by atoms with Crippen molar-refractivity contribution in [1.82, 2.24) is 5.32 Å². The Hall–Kier alpha value is -1.41. The van der Waals surface area contributed by atoms with Crippen LogP contribution in [-0.4, -0.2) is 110 Å². The Morgan fingerprint density at radius 1 is 0.576 bits per heavy atom. The third kappa shape index (κ3) is 28.0. The van der Waals surface area contributed by atoms with Crippen molar-refractivity contribution in [2.45, 2.75) is 262 Å². The normalized spacial score (nSPS) is 21.9. The van der Waals surface area contributed by atoms with Crippen molar-refractivity contribution in [3.05, 3.63) is 24.3 Å². The zero-order valence-electron chi connectivity index (χ0n) is 37.5. The first-order valence-corrected chi connectivity index (χ1v) is 24.2. The van der Waals surface area contributed by atoms with Crippen LogP contribution in [0.25, 0.3) is 0 Å². The van der Waals surface area contributed by atoms with Crippen LogP contribution in [0.2, 0.25) is 0 Å². The summed E-state index contributed by atoms with van der Waals surface area (Å²) in [5.74, 6) is -0.701. The van der Waals surface area contributed by atoms with Gasteiger partial charge < -0.3 is 50.5 Å². The first-order chi connectivity index (χ1) is 28.7. The molecule has 9 atom stereocenters. The van der Waals surface area contributed by atoms with Crippen LogP contribution < -0.4 is 5.32 Å². The van der Waals surface area contributed by atoms with Crippen LogP contribution in [0.3, 0.4) is 0 Å². The quantitative estimate of drug-likeness (QED) is 0.0221. The van der Waals surface area contributed by atoms with Crippen molar-refractivity contribution >= 4 is 5.91 Å². The maximum Gasteiger partial charge on any atom is 0.249 e. The van der Waals surface area contributed by atoms with Crippen LogP contribution in [0.5, 0.6) is 0 Å². The van der Waals surface area contributed by atoms with Crippen LogP contribution in [0.4, 0.5) is 0 Å². The van der Waals surface area contributed by atoms with Gasteiger partial charge >= 0.3 is 0 Å². The highest BCUT2D eigenvalue weighted by atomic mass is 16.7. The zero-order chi connectivity index (χ0) is 43.4. The van der Waals surface area contributed by atoms with E-state index in [1.165, 1.54) is 103 Å². The van der Waals surface area contributed by atoms with E-state index in [1.54, 1.807) is 0 Å². The van der Waals surface area contributed by atoms with Gasteiger partial charge in [-0.15, -0.1) is 0 Å². The van der Waals surface area contributed by atoms with Crippen molar-refractivity contribution in [2.24, 2.45) is 0 Å². The summed E-state index contributed by atoms with van der Waals surface area (Å²) in [5, 5.41) is 75.7. The van der Waals surface area contributed by atoms with Gasteiger partial charge in [0.15, 0.2) is 6.29 Å². The van der Waals surface area contributed by atoms with E-state index in [-0.39, 0.29) is 6.42 Å². The fourth-order valence-corrected chi connectivity index (χ4v) is 7.66. The second-order valence-electron chi connectivity index (χ2n) is 17.2. The number of ether oxygens (including phenoxy) is 2. The lowest BCUT2D eigenvalue weighted by molar-refractivity contribution is -0.303. The molecule has 0 aliphatic carbocycles. The van der Waals surface area contributed by atoms with E-state index < -0.39 is 74.2 Å². The number of rotatable bonds is 40. The minimum Gasteiger partial charge on any atom is -0.394 e. The van der Waals surface area contributed by atoms with Gasteiger partial charge in [0.05, 0.1) is 25.4 Å². The molecule has 348 valence electrons. The highest BCUT2D eigenvalue weighted by Gasteiger charge is 2.44. The Bertz CT molecular complexity index is 1010. The molecule has 0 aromatic heterocycles. The minimum absolute atomic E-state index is 0.257. The van der Waals surface area contributed by atoms with Gasteiger partial charge in [-0.25, -0.2) is 0 Å². The molecule has 1 aliphatic heterocycles. The average molecular weight is 842 g/mol. The summed E-state index contributed by atoms with van der Waals surface area (Å²) in [6.45, 7) is 3.41. The average Bonchev–Trinajstić information content (AvgIpc) is 3.23. The number of hydrogen-bond donors (Lipinski definition) is 8. The van der Waals surface area contributed by atoms with E-state index >= 15 is 0 Å². The predicted molar refractivity (Wildman–Crippen MR) is 238 cm³/mol. The van der Waals surface area contributed by atoms with Gasteiger partial charge in [0.25, 0.3) is 0 Å². The SMILES string of the molecule is CCCCCC/C=C\CCCCCCCCCCCC[C@H](O)C(=O)N[C@@H](CO[C@@H]1O[C@H](CO)[C@@H](O)[C@H](O)[C@H]1O)[C@H](O)[C@H](O)CCCCCCCC/C=C\CCCCCC. The van der Waals surface area contributed by atoms with E-state index in [9.17, 15) is 40.5 Å². The van der Waals surface area contributed by atoms with Gasteiger partial charge in [-0.05, 0) is 64.2 Å². The van der Waals surface area contributed by atoms with Gasteiger partial charge in [-0.3, -0.25) is 4.79 Å². The summed E-state index contributed by atoms with van der Waals surface area (Å²) >= 11 is 0. The number of aliphatic hydroxyl groups is 7. The van der Waals surface area contributed by atoms with Gasteiger partial charge in [0.2, 0.25) is 5.91 Å². The van der Waals surface area contributed by atoms with E-state index in [2.05, 4.69) is 43.5 Å². The standard InChI is InChI=1S/C48H91NO10/c1-3-5-7-9-11-13-15-17-19-20-21-22-24-26-28-30-32-34-36-41(52)47(57)49-39(38-58-48-46(56)45(55)44(54)42(37-50)59-48)43(53)40(51)35-33-31-29-27-25-23-18-16-14-12-10-8-6-4-2/h13-16,39-46,48,50-56H,3-12,17-38H2,1-2H3,(H,49,57)/b15-13-,16-14-/t39-,40+,41-,42+,43-,44+,45-,46+,48+/m0/s1. The Labute approximate surface area is 359 Å². The van der Waals surface area contributed by atoms with E-state index in [4.69, 9.17) is 9.47 Å². The van der Waals surface area contributed by atoms with Gasteiger partial charge in [0, 0.05) is 0 Å². The number of amides is 1. The Balaban J connectivity index is 2.43. The molecule has 0 spiro atoms. The van der Waals surface area contributed by atoms with Crippen molar-refractivity contribution in [3.63, 3.8) is 0 Å². The molecule has 1 heterocycles. The third-order valence-corrected chi connectivity index (χ3v) is 11.7. The summed E-state index contributed by atoms with van der Waals surface area (Å²) in [6, 6.07) is -1.17. The molecule has 0 saturated carbocycles. The number of carbonyl (C=O) groups excluding carboxylic acids is 1. The number of carbonyl (C=O) groups is 1. The maximum atomic E-state index is 13.1. The van der Waals surface area contributed by atoms with Crippen molar-refractivity contribution in [3.8, 4) is 0 Å². The predicted octanol–water partition coefficient (Wildman–Crippen LogP) is 8.23.